The minimum atomic E-state index is -3.62. The van der Waals surface area contributed by atoms with E-state index in [1.54, 1.807) is 11.1 Å². The van der Waals surface area contributed by atoms with E-state index < -0.39 is 30.6 Å². The lowest BCUT2D eigenvalue weighted by atomic mass is 10.1. The maximum atomic E-state index is 12.5. The van der Waals surface area contributed by atoms with Crippen LogP contribution in [0, 0.1) is 0 Å². The molecule has 1 saturated heterocycles. The predicted octanol–water partition coefficient (Wildman–Crippen LogP) is 3.54. The van der Waals surface area contributed by atoms with Gasteiger partial charge in [0.05, 0.1) is 25.5 Å². The molecule has 32 heavy (non-hydrogen) atoms. The Morgan fingerprint density at radius 2 is 2.06 bits per heavy atom. The number of aromatic nitrogens is 2. The van der Waals surface area contributed by atoms with E-state index in [-0.39, 0.29) is 24.2 Å². The van der Waals surface area contributed by atoms with Crippen LogP contribution in [0.4, 0.5) is 4.79 Å². The van der Waals surface area contributed by atoms with Crippen LogP contribution in [0.5, 0.6) is 0 Å². The van der Waals surface area contributed by atoms with Crippen LogP contribution in [-0.2, 0) is 36.6 Å². The molecular weight excluding hydrogens is 450 g/mol. The van der Waals surface area contributed by atoms with Gasteiger partial charge in [-0.3, -0.25) is 4.18 Å². The molecule has 0 radical (unpaired) electrons. The Kier molecular flexibility index (Phi) is 8.71. The van der Waals surface area contributed by atoms with Gasteiger partial charge in [-0.2, -0.15) is 8.42 Å². The van der Waals surface area contributed by atoms with Crippen molar-refractivity contribution in [2.45, 2.75) is 77.0 Å². The Balaban J connectivity index is 2.04. The molecule has 9 nitrogen and oxygen atoms in total. The molecule has 1 aliphatic rings. The third-order valence-electron chi connectivity index (χ3n) is 6.12. The lowest BCUT2D eigenvalue weighted by Gasteiger charge is -2.36. The summed E-state index contributed by atoms with van der Waals surface area (Å²) in [6, 6.07) is -0.212. The third-order valence-corrected chi connectivity index (χ3v) is 11.2. The molecule has 0 saturated carbocycles. The summed E-state index contributed by atoms with van der Waals surface area (Å²) in [4.78, 5) is 18.5. The van der Waals surface area contributed by atoms with Crippen LogP contribution in [-0.4, -0.2) is 68.8 Å². The second-order valence-electron chi connectivity index (χ2n) is 9.70. The zero-order valence-corrected chi connectivity index (χ0v) is 21.9. The Bertz CT molecular complexity index is 894. The summed E-state index contributed by atoms with van der Waals surface area (Å²) < 4.78 is 41.8. The molecule has 1 aromatic heterocycles. The molecule has 2 unspecified atom stereocenters. The molecule has 1 amide bonds. The van der Waals surface area contributed by atoms with Crippen LogP contribution in [0.2, 0.25) is 18.1 Å². The molecule has 2 atom stereocenters. The van der Waals surface area contributed by atoms with E-state index in [0.29, 0.717) is 26.0 Å². The van der Waals surface area contributed by atoms with Crippen LogP contribution < -0.4 is 0 Å². The second-order valence-corrected chi connectivity index (χ2v) is 16.1. The summed E-state index contributed by atoms with van der Waals surface area (Å²) in [6.45, 7) is 15.8. The molecule has 2 rings (SSSR count). The van der Waals surface area contributed by atoms with Gasteiger partial charge in [0.2, 0.25) is 0 Å². The highest BCUT2D eigenvalue weighted by Crippen LogP contribution is 2.37. The molecule has 0 N–H and O–H groups in total. The fourth-order valence-electron chi connectivity index (χ4n) is 3.33. The Morgan fingerprint density at radius 1 is 1.38 bits per heavy atom. The summed E-state index contributed by atoms with van der Waals surface area (Å²) in [6.07, 6.45) is 6.08. The van der Waals surface area contributed by atoms with Crippen molar-refractivity contribution in [3.05, 3.63) is 30.9 Å². The molecule has 1 aliphatic heterocycles. The van der Waals surface area contributed by atoms with Crippen molar-refractivity contribution in [3.8, 4) is 0 Å². The number of carbonyl (C=O) groups excluding carboxylic acids is 1. The molecule has 1 fully saturated rings. The second kappa shape index (κ2) is 10.5. The lowest BCUT2D eigenvalue weighted by molar-refractivity contribution is 0.102. The number of rotatable bonds is 10. The average molecular weight is 488 g/mol. The molecular formula is C21H37N3O6SSi. The minimum absolute atomic E-state index is 0.0934. The van der Waals surface area contributed by atoms with E-state index >= 15 is 0 Å². The van der Waals surface area contributed by atoms with Crippen molar-refractivity contribution in [2.24, 2.45) is 0 Å². The zero-order valence-electron chi connectivity index (χ0n) is 20.0. The molecule has 0 bridgehead atoms. The molecule has 0 aromatic carbocycles. The van der Waals surface area contributed by atoms with Crippen LogP contribution >= 0.6 is 0 Å². The van der Waals surface area contributed by atoms with Gasteiger partial charge >= 0.3 is 6.09 Å². The first-order valence-corrected chi connectivity index (χ1v) is 15.5. The average Bonchev–Trinajstić information content (AvgIpc) is 3.26. The van der Waals surface area contributed by atoms with Crippen LogP contribution in [0.1, 0.15) is 39.4 Å². The van der Waals surface area contributed by atoms with Crippen LogP contribution in [0.15, 0.2) is 25.0 Å². The fraction of sp³-hybridized carbons (Fsp3) is 0.714. The van der Waals surface area contributed by atoms with Crippen molar-refractivity contribution < 1.29 is 26.6 Å². The number of hydrogen-bond acceptors (Lipinski definition) is 7. The number of ether oxygens (including phenoxy) is 1. The normalized spacial score (nSPS) is 19.9. The first-order valence-electron chi connectivity index (χ1n) is 10.8. The van der Waals surface area contributed by atoms with Crippen molar-refractivity contribution in [2.75, 3.05) is 19.4 Å². The van der Waals surface area contributed by atoms with Gasteiger partial charge in [-0.25, -0.2) is 9.78 Å². The number of likely N-dealkylation sites (tertiary alicyclic amines) is 1. The van der Waals surface area contributed by atoms with Gasteiger partial charge in [0.25, 0.3) is 10.1 Å². The van der Waals surface area contributed by atoms with E-state index in [9.17, 15) is 13.2 Å². The first kappa shape index (κ1) is 26.6. The van der Waals surface area contributed by atoms with Gasteiger partial charge in [-0.05, 0) is 31.0 Å². The van der Waals surface area contributed by atoms with Crippen molar-refractivity contribution >= 4 is 24.5 Å². The number of imidazole rings is 1. The van der Waals surface area contributed by atoms with E-state index in [0.717, 1.165) is 12.1 Å². The van der Waals surface area contributed by atoms with Crippen molar-refractivity contribution in [1.82, 2.24) is 14.5 Å². The highest BCUT2D eigenvalue weighted by atomic mass is 32.2. The van der Waals surface area contributed by atoms with Gasteiger partial charge in [0.15, 0.2) is 8.32 Å². The molecule has 1 aromatic rings. The number of amides is 1. The van der Waals surface area contributed by atoms with Gasteiger partial charge in [-0.15, -0.1) is 0 Å². The van der Waals surface area contributed by atoms with E-state index in [1.165, 1.54) is 6.08 Å². The monoisotopic (exact) mass is 487 g/mol. The Labute approximate surface area is 193 Å². The van der Waals surface area contributed by atoms with Crippen molar-refractivity contribution in [3.63, 3.8) is 0 Å². The molecule has 0 aliphatic carbocycles. The summed E-state index contributed by atoms with van der Waals surface area (Å²) in [5.74, 6) is 0.831. The predicted molar refractivity (Wildman–Crippen MR) is 125 cm³/mol. The zero-order chi connectivity index (χ0) is 24.2. The van der Waals surface area contributed by atoms with Gasteiger partial charge in [-0.1, -0.05) is 33.4 Å². The lowest BCUT2D eigenvalue weighted by Crippen LogP contribution is -2.40. The largest absolute Gasteiger partial charge is 0.445 e. The highest BCUT2D eigenvalue weighted by molar-refractivity contribution is 7.86. The third kappa shape index (κ3) is 7.43. The maximum absolute atomic E-state index is 12.5. The Morgan fingerprint density at radius 3 is 2.66 bits per heavy atom. The molecule has 11 heteroatoms. The first-order chi connectivity index (χ1) is 14.7. The molecule has 0 spiro atoms. The molecule has 2 heterocycles. The highest BCUT2D eigenvalue weighted by Gasteiger charge is 2.39. The number of aryl methyl sites for hydroxylation is 1. The smallest absolute Gasteiger partial charge is 0.410 e. The number of hydrogen-bond donors (Lipinski definition) is 0. The van der Waals surface area contributed by atoms with E-state index in [1.807, 2.05) is 10.8 Å². The van der Waals surface area contributed by atoms with Gasteiger partial charge in [0.1, 0.15) is 12.4 Å². The molecule has 182 valence electrons. The number of nitrogens with zero attached hydrogens (tertiary/aromatic N) is 3. The SMILES string of the molecule is C=CCOC(=O)N1CC(OS(C)(=O)=O)CC1CCn1ccnc1CO[Si](C)(C)C(C)(C)C. The number of carbonyl (C=O) groups is 1. The standard InChI is InChI=1S/C21H37N3O6SSi/c1-8-13-28-20(25)24-15-18(30-31(5,26)27)14-17(24)9-11-23-12-10-22-19(23)16-29-32(6,7)21(2,3)4/h8,10,12,17-18H,1,9,11,13-16H2,2-7H3. The minimum Gasteiger partial charge on any atom is -0.445 e. The summed E-state index contributed by atoms with van der Waals surface area (Å²) in [7, 11) is -5.53. The van der Waals surface area contributed by atoms with Gasteiger partial charge in [0, 0.05) is 25.0 Å². The summed E-state index contributed by atoms with van der Waals surface area (Å²) in [5, 5.41) is 0.106. The quantitative estimate of drug-likeness (QED) is 0.283. The maximum Gasteiger partial charge on any atom is 0.410 e. The van der Waals surface area contributed by atoms with E-state index in [2.05, 4.69) is 45.4 Å². The Hall–Kier alpha value is -1.69. The summed E-state index contributed by atoms with van der Waals surface area (Å²) >= 11 is 0. The summed E-state index contributed by atoms with van der Waals surface area (Å²) in [5.41, 5.74) is 0. The van der Waals surface area contributed by atoms with E-state index in [4.69, 9.17) is 13.3 Å². The topological polar surface area (TPSA) is 100.0 Å². The van der Waals surface area contributed by atoms with Crippen molar-refractivity contribution in [1.29, 1.82) is 0 Å². The van der Waals surface area contributed by atoms with Crippen LogP contribution in [0.3, 0.4) is 0 Å². The van der Waals surface area contributed by atoms with Crippen LogP contribution in [0.25, 0.3) is 0 Å². The fourth-order valence-corrected chi connectivity index (χ4v) is 4.89. The van der Waals surface area contributed by atoms with Gasteiger partial charge < -0.3 is 18.6 Å².